The van der Waals surface area contributed by atoms with E-state index in [0.717, 1.165) is 33.4 Å². The van der Waals surface area contributed by atoms with Crippen molar-refractivity contribution in [1.82, 2.24) is 15.0 Å². The number of carbonyl (C=O) groups is 1. The number of anilines is 1. The molecular formula is C25H24N4O3. The van der Waals surface area contributed by atoms with Crippen LogP contribution in [0.2, 0.25) is 0 Å². The van der Waals surface area contributed by atoms with E-state index < -0.39 is 0 Å². The third-order valence-electron chi connectivity index (χ3n) is 4.85. The van der Waals surface area contributed by atoms with E-state index in [4.69, 9.17) is 19.4 Å². The molecule has 0 atom stereocenters. The molecule has 0 spiro atoms. The second-order valence-electron chi connectivity index (χ2n) is 7.36. The highest BCUT2D eigenvalue weighted by atomic mass is 16.6. The van der Waals surface area contributed by atoms with Gasteiger partial charge in [-0.05, 0) is 54.4 Å². The maximum atomic E-state index is 11.6. The number of nitrogens with zero attached hydrogens (tertiary/aromatic N) is 4. The van der Waals surface area contributed by atoms with Crippen LogP contribution in [0.3, 0.4) is 0 Å². The maximum absolute atomic E-state index is 11.6. The summed E-state index contributed by atoms with van der Waals surface area (Å²) < 4.78 is 10.5. The molecule has 0 unspecified atom stereocenters. The summed E-state index contributed by atoms with van der Waals surface area (Å²) in [5.74, 6) is 1.68. The molecule has 4 rings (SSSR count). The Hall–Kier alpha value is -4.00. The van der Waals surface area contributed by atoms with Crippen LogP contribution in [-0.4, -0.2) is 48.2 Å². The van der Waals surface area contributed by atoms with E-state index in [0.29, 0.717) is 18.2 Å². The zero-order chi connectivity index (χ0) is 22.5. The van der Waals surface area contributed by atoms with Crippen LogP contribution < -0.4 is 9.64 Å². The molecule has 2 aromatic heterocycles. The predicted octanol–water partition coefficient (Wildman–Crippen LogP) is 4.37. The Morgan fingerprint density at radius 3 is 2.53 bits per heavy atom. The summed E-state index contributed by atoms with van der Waals surface area (Å²) in [4.78, 5) is 27.3. The van der Waals surface area contributed by atoms with Crippen LogP contribution in [0.25, 0.3) is 33.4 Å². The van der Waals surface area contributed by atoms with E-state index in [1.807, 2.05) is 67.5 Å². The van der Waals surface area contributed by atoms with Gasteiger partial charge in [0.1, 0.15) is 11.6 Å². The SMILES string of the molecule is CCOC(=O)COc1cccc(-c2ccc3nc(-c4cccnc4)nc(N(C)C)c3c2)c1. The van der Waals surface area contributed by atoms with Gasteiger partial charge >= 0.3 is 5.97 Å². The quantitative estimate of drug-likeness (QED) is 0.405. The smallest absolute Gasteiger partial charge is 0.344 e. The van der Waals surface area contributed by atoms with Crippen LogP contribution in [0.15, 0.2) is 67.0 Å². The number of aromatic nitrogens is 3. The molecule has 7 heteroatoms. The molecule has 0 amide bonds. The number of pyridine rings is 1. The van der Waals surface area contributed by atoms with Crippen LogP contribution in [0.1, 0.15) is 6.92 Å². The van der Waals surface area contributed by atoms with E-state index in [2.05, 4.69) is 11.1 Å². The highest BCUT2D eigenvalue weighted by Gasteiger charge is 2.13. The average molecular weight is 428 g/mol. The Morgan fingerprint density at radius 2 is 1.78 bits per heavy atom. The maximum Gasteiger partial charge on any atom is 0.344 e. The lowest BCUT2D eigenvalue weighted by atomic mass is 10.0. The minimum Gasteiger partial charge on any atom is -0.482 e. The first-order valence-corrected chi connectivity index (χ1v) is 10.3. The summed E-state index contributed by atoms with van der Waals surface area (Å²) >= 11 is 0. The molecule has 0 aliphatic heterocycles. The van der Waals surface area contributed by atoms with Gasteiger partial charge in [0.15, 0.2) is 12.4 Å². The van der Waals surface area contributed by atoms with Gasteiger partial charge in [0.25, 0.3) is 0 Å². The Kier molecular flexibility index (Phi) is 6.26. The van der Waals surface area contributed by atoms with E-state index >= 15 is 0 Å². The highest BCUT2D eigenvalue weighted by Crippen LogP contribution is 2.31. The summed E-state index contributed by atoms with van der Waals surface area (Å²) in [5.41, 5.74) is 3.68. The topological polar surface area (TPSA) is 77.4 Å². The van der Waals surface area contributed by atoms with Crippen molar-refractivity contribution < 1.29 is 14.3 Å². The molecule has 162 valence electrons. The van der Waals surface area contributed by atoms with Gasteiger partial charge in [-0.15, -0.1) is 0 Å². The number of fused-ring (bicyclic) bond motifs is 1. The molecule has 0 aliphatic rings. The van der Waals surface area contributed by atoms with Gasteiger partial charge in [0, 0.05) is 37.4 Å². The third kappa shape index (κ3) is 4.67. The molecule has 32 heavy (non-hydrogen) atoms. The Labute approximate surface area is 186 Å². The summed E-state index contributed by atoms with van der Waals surface area (Å²) in [6.45, 7) is 1.98. The Balaban J connectivity index is 1.70. The summed E-state index contributed by atoms with van der Waals surface area (Å²) in [5, 5.41) is 0.943. The van der Waals surface area contributed by atoms with Crippen LogP contribution in [0.5, 0.6) is 5.75 Å². The van der Waals surface area contributed by atoms with Gasteiger partial charge in [-0.2, -0.15) is 0 Å². The van der Waals surface area contributed by atoms with Gasteiger partial charge in [-0.3, -0.25) is 4.98 Å². The average Bonchev–Trinajstić information content (AvgIpc) is 2.82. The number of esters is 1. The molecule has 0 radical (unpaired) electrons. The lowest BCUT2D eigenvalue weighted by Crippen LogP contribution is -2.14. The minimum absolute atomic E-state index is 0.120. The van der Waals surface area contributed by atoms with Gasteiger partial charge in [-0.1, -0.05) is 18.2 Å². The zero-order valence-corrected chi connectivity index (χ0v) is 18.3. The normalized spacial score (nSPS) is 10.7. The molecule has 0 saturated carbocycles. The van der Waals surface area contributed by atoms with Gasteiger partial charge in [-0.25, -0.2) is 14.8 Å². The van der Waals surface area contributed by atoms with Crippen LogP contribution >= 0.6 is 0 Å². The summed E-state index contributed by atoms with van der Waals surface area (Å²) in [6.07, 6.45) is 3.49. The molecule has 0 N–H and O–H groups in total. The summed E-state index contributed by atoms with van der Waals surface area (Å²) in [7, 11) is 3.93. The van der Waals surface area contributed by atoms with E-state index in [9.17, 15) is 4.79 Å². The fourth-order valence-electron chi connectivity index (χ4n) is 3.37. The predicted molar refractivity (Wildman–Crippen MR) is 125 cm³/mol. The van der Waals surface area contributed by atoms with Crippen LogP contribution in [-0.2, 0) is 9.53 Å². The number of hydrogen-bond acceptors (Lipinski definition) is 7. The van der Waals surface area contributed by atoms with Crippen molar-refractivity contribution in [2.24, 2.45) is 0 Å². The van der Waals surface area contributed by atoms with E-state index in [-0.39, 0.29) is 12.6 Å². The third-order valence-corrected chi connectivity index (χ3v) is 4.85. The van der Waals surface area contributed by atoms with Crippen LogP contribution in [0.4, 0.5) is 5.82 Å². The second-order valence-corrected chi connectivity index (χ2v) is 7.36. The number of ether oxygens (including phenoxy) is 2. The van der Waals surface area contributed by atoms with Crippen molar-refractivity contribution in [2.75, 3.05) is 32.2 Å². The molecule has 2 aromatic carbocycles. The minimum atomic E-state index is -0.388. The van der Waals surface area contributed by atoms with Crippen molar-refractivity contribution in [1.29, 1.82) is 0 Å². The van der Waals surface area contributed by atoms with E-state index in [1.54, 1.807) is 19.3 Å². The molecular weight excluding hydrogens is 404 g/mol. The first kappa shape index (κ1) is 21.2. The van der Waals surface area contributed by atoms with Crippen molar-refractivity contribution in [3.63, 3.8) is 0 Å². The van der Waals surface area contributed by atoms with Crippen LogP contribution in [0, 0.1) is 0 Å². The van der Waals surface area contributed by atoms with Gasteiger partial charge < -0.3 is 14.4 Å². The molecule has 4 aromatic rings. The first-order chi connectivity index (χ1) is 15.5. The molecule has 0 aliphatic carbocycles. The zero-order valence-electron chi connectivity index (χ0n) is 18.3. The van der Waals surface area contributed by atoms with Crippen molar-refractivity contribution >= 4 is 22.7 Å². The molecule has 0 bridgehead atoms. The summed E-state index contributed by atoms with van der Waals surface area (Å²) in [6, 6.07) is 17.5. The highest BCUT2D eigenvalue weighted by molar-refractivity contribution is 5.94. The molecule has 7 nitrogen and oxygen atoms in total. The lowest BCUT2D eigenvalue weighted by molar-refractivity contribution is -0.145. The number of benzene rings is 2. The molecule has 0 fully saturated rings. The fraction of sp³-hybridized carbons (Fsp3) is 0.200. The first-order valence-electron chi connectivity index (χ1n) is 10.3. The molecule has 2 heterocycles. The standard InChI is InChI=1S/C25H24N4O3/c1-4-31-23(30)16-32-20-9-5-7-17(13-20)18-10-11-22-21(14-18)25(29(2)3)28-24(27-22)19-8-6-12-26-15-19/h5-15H,4,16H2,1-3H3. The Morgan fingerprint density at radius 1 is 0.969 bits per heavy atom. The van der Waals surface area contributed by atoms with Crippen molar-refractivity contribution in [3.05, 3.63) is 67.0 Å². The monoisotopic (exact) mass is 428 g/mol. The fourth-order valence-corrected chi connectivity index (χ4v) is 3.37. The van der Waals surface area contributed by atoms with E-state index in [1.165, 1.54) is 0 Å². The number of rotatable bonds is 7. The Bertz CT molecular complexity index is 1240. The van der Waals surface area contributed by atoms with Gasteiger partial charge in [0.2, 0.25) is 0 Å². The lowest BCUT2D eigenvalue weighted by Gasteiger charge is -2.16. The second kappa shape index (κ2) is 9.43. The molecule has 0 saturated heterocycles. The van der Waals surface area contributed by atoms with Crippen molar-refractivity contribution in [2.45, 2.75) is 6.92 Å². The number of hydrogen-bond donors (Lipinski definition) is 0. The number of carbonyl (C=O) groups excluding carboxylic acids is 1. The largest absolute Gasteiger partial charge is 0.482 e. The van der Waals surface area contributed by atoms with Gasteiger partial charge in [0.05, 0.1) is 12.1 Å². The van der Waals surface area contributed by atoms with Crippen molar-refractivity contribution in [3.8, 4) is 28.3 Å².